The molecule has 2 aromatic carbocycles. The van der Waals surface area contributed by atoms with Crippen LogP contribution >= 0.6 is 34.5 Å². The molecule has 0 fully saturated rings. The predicted molar refractivity (Wildman–Crippen MR) is 128 cm³/mol. The highest BCUT2D eigenvalue weighted by Crippen LogP contribution is 2.32. The van der Waals surface area contributed by atoms with E-state index in [-0.39, 0.29) is 26.6 Å². The number of carbonyl (C=O) groups excluding carboxylic acids is 1. The molecule has 0 aliphatic heterocycles. The molecule has 0 bridgehead atoms. The summed E-state index contributed by atoms with van der Waals surface area (Å²) >= 11 is 13.3. The Morgan fingerprint density at radius 2 is 1.81 bits per heavy atom. The van der Waals surface area contributed by atoms with Crippen molar-refractivity contribution >= 4 is 72.1 Å². The number of nitrogens with zero attached hydrogens (tertiary/aromatic N) is 2. The lowest BCUT2D eigenvalue weighted by atomic mass is 10.2. The summed E-state index contributed by atoms with van der Waals surface area (Å²) in [5.41, 5.74) is 1.34. The van der Waals surface area contributed by atoms with Crippen LogP contribution in [-0.4, -0.2) is 31.2 Å². The molecule has 0 aliphatic rings. The van der Waals surface area contributed by atoms with E-state index in [4.69, 9.17) is 23.2 Å². The van der Waals surface area contributed by atoms with E-state index in [0.717, 1.165) is 32.1 Å². The van der Waals surface area contributed by atoms with Crippen molar-refractivity contribution in [3.05, 3.63) is 56.1 Å². The number of carbonyl (C=O) groups is 1. The summed E-state index contributed by atoms with van der Waals surface area (Å²) in [5, 5.41) is 3.16. The highest BCUT2D eigenvalue weighted by atomic mass is 35.5. The van der Waals surface area contributed by atoms with E-state index in [1.165, 1.54) is 25.1 Å². The molecule has 166 valence electrons. The molecule has 0 aliphatic carbocycles. The van der Waals surface area contributed by atoms with Crippen LogP contribution in [0.4, 0.5) is 11.4 Å². The first-order valence-electron chi connectivity index (χ1n) is 9.30. The number of benzene rings is 2. The van der Waals surface area contributed by atoms with Gasteiger partial charge in [-0.05, 0) is 57.2 Å². The van der Waals surface area contributed by atoms with Crippen molar-refractivity contribution in [1.82, 2.24) is 4.57 Å². The summed E-state index contributed by atoms with van der Waals surface area (Å²) in [6.07, 6.45) is 0.992. The molecule has 0 unspecified atom stereocenters. The highest BCUT2D eigenvalue weighted by molar-refractivity contribution is 7.92. The molecule has 31 heavy (non-hydrogen) atoms. The average molecular weight is 502 g/mol. The second kappa shape index (κ2) is 8.82. The Labute approximate surface area is 194 Å². The zero-order chi connectivity index (χ0) is 23.1. The van der Waals surface area contributed by atoms with Crippen LogP contribution in [-0.2, 0) is 14.8 Å². The van der Waals surface area contributed by atoms with Gasteiger partial charge in [0, 0.05) is 16.8 Å². The second-order valence-corrected chi connectivity index (χ2v) is 11.0. The van der Waals surface area contributed by atoms with Gasteiger partial charge in [0.25, 0.3) is 0 Å². The number of halogens is 2. The largest absolute Gasteiger partial charge is 0.324 e. The zero-order valence-corrected chi connectivity index (χ0v) is 20.4. The molecule has 3 aromatic rings. The number of anilines is 2. The number of nitrogens with one attached hydrogen (secondary N) is 1. The SMILES string of the molecule is CC(C)n1c(=O)sc2cc(NC(=O)[C@@H](C)N(c3cc(Cl)ccc3Cl)S(C)(=O)=O)ccc21. The lowest BCUT2D eigenvalue weighted by Gasteiger charge is -2.29. The summed E-state index contributed by atoms with van der Waals surface area (Å²) in [7, 11) is -3.85. The van der Waals surface area contributed by atoms with Gasteiger partial charge in [-0.25, -0.2) is 8.42 Å². The molecule has 3 rings (SSSR count). The van der Waals surface area contributed by atoms with Crippen LogP contribution in [0.2, 0.25) is 10.0 Å². The lowest BCUT2D eigenvalue weighted by molar-refractivity contribution is -0.116. The molecule has 1 aromatic heterocycles. The summed E-state index contributed by atoms with van der Waals surface area (Å²) in [6.45, 7) is 5.30. The smallest absolute Gasteiger partial charge is 0.308 e. The lowest BCUT2D eigenvalue weighted by Crippen LogP contribution is -2.45. The molecule has 1 N–H and O–H groups in total. The molecule has 0 spiro atoms. The predicted octanol–water partition coefficient (Wildman–Crippen LogP) is 4.74. The highest BCUT2D eigenvalue weighted by Gasteiger charge is 2.31. The minimum Gasteiger partial charge on any atom is -0.324 e. The number of hydrogen-bond acceptors (Lipinski definition) is 5. The Balaban J connectivity index is 1.94. The van der Waals surface area contributed by atoms with Gasteiger partial charge in [-0.3, -0.25) is 18.5 Å². The van der Waals surface area contributed by atoms with Gasteiger partial charge in [0.05, 0.1) is 27.2 Å². The number of sulfonamides is 1. The third-order valence-electron chi connectivity index (χ3n) is 4.63. The molecule has 0 radical (unpaired) electrons. The first-order chi connectivity index (χ1) is 14.4. The minimum absolute atomic E-state index is 0.00692. The molecule has 1 atom stereocenters. The van der Waals surface area contributed by atoms with Crippen molar-refractivity contribution in [3.63, 3.8) is 0 Å². The molecular formula is C20H21Cl2N3O4S2. The van der Waals surface area contributed by atoms with Gasteiger partial charge in [-0.2, -0.15) is 0 Å². The first-order valence-corrected chi connectivity index (χ1v) is 12.7. The third kappa shape index (κ3) is 4.90. The topological polar surface area (TPSA) is 88.5 Å². The van der Waals surface area contributed by atoms with Crippen molar-refractivity contribution in [2.45, 2.75) is 32.9 Å². The molecule has 1 amide bonds. The Morgan fingerprint density at radius 3 is 2.42 bits per heavy atom. The van der Waals surface area contributed by atoms with Gasteiger partial charge in [-0.15, -0.1) is 0 Å². The standard InChI is InChI=1S/C20H21Cl2N3O4S2/c1-11(2)24-16-8-6-14(10-18(16)30-20(24)27)23-19(26)12(3)25(31(4,28)29)17-9-13(21)5-7-15(17)22/h5-12H,1-4H3,(H,23,26)/t12-/m1/s1. The average Bonchev–Trinajstić information content (AvgIpc) is 2.98. The van der Waals surface area contributed by atoms with Gasteiger partial charge in [0.2, 0.25) is 15.9 Å². The molecule has 11 heteroatoms. The zero-order valence-electron chi connectivity index (χ0n) is 17.2. The van der Waals surface area contributed by atoms with Gasteiger partial charge < -0.3 is 5.32 Å². The summed E-state index contributed by atoms with van der Waals surface area (Å²) in [4.78, 5) is 25.1. The number of hydrogen-bond donors (Lipinski definition) is 1. The van der Waals surface area contributed by atoms with Crippen molar-refractivity contribution < 1.29 is 13.2 Å². The van der Waals surface area contributed by atoms with Gasteiger partial charge in [0.1, 0.15) is 6.04 Å². The maximum absolute atomic E-state index is 12.9. The fraction of sp³-hybridized carbons (Fsp3) is 0.300. The minimum atomic E-state index is -3.85. The van der Waals surface area contributed by atoms with Crippen molar-refractivity contribution in [2.75, 3.05) is 15.9 Å². The van der Waals surface area contributed by atoms with Crippen LogP contribution in [0.5, 0.6) is 0 Å². The van der Waals surface area contributed by atoms with E-state index < -0.39 is 22.0 Å². The number of fused-ring (bicyclic) bond motifs is 1. The summed E-state index contributed by atoms with van der Waals surface area (Å²) < 4.78 is 28.3. The quantitative estimate of drug-likeness (QED) is 0.527. The van der Waals surface area contributed by atoms with Crippen molar-refractivity contribution in [3.8, 4) is 0 Å². The Kier molecular flexibility index (Phi) is 6.71. The Bertz CT molecular complexity index is 1320. The van der Waals surface area contributed by atoms with Crippen LogP contribution in [0.3, 0.4) is 0 Å². The van der Waals surface area contributed by atoms with E-state index in [9.17, 15) is 18.0 Å². The molecule has 0 saturated carbocycles. The Morgan fingerprint density at radius 1 is 1.13 bits per heavy atom. The number of thiazole rings is 1. The Hall–Kier alpha value is -2.07. The van der Waals surface area contributed by atoms with Crippen LogP contribution in [0.25, 0.3) is 10.2 Å². The second-order valence-electron chi connectivity index (χ2n) is 7.33. The number of amides is 1. The van der Waals surface area contributed by atoms with E-state index in [2.05, 4.69) is 5.32 Å². The summed E-state index contributed by atoms with van der Waals surface area (Å²) in [5.74, 6) is -0.559. The first kappa shape index (κ1) is 23.6. The van der Waals surface area contributed by atoms with Gasteiger partial charge in [-0.1, -0.05) is 34.5 Å². The van der Waals surface area contributed by atoms with E-state index >= 15 is 0 Å². The maximum Gasteiger partial charge on any atom is 0.308 e. The van der Waals surface area contributed by atoms with Crippen molar-refractivity contribution in [2.24, 2.45) is 0 Å². The van der Waals surface area contributed by atoms with Crippen molar-refractivity contribution in [1.29, 1.82) is 0 Å². The number of rotatable bonds is 6. The van der Waals surface area contributed by atoms with Gasteiger partial charge >= 0.3 is 4.87 Å². The van der Waals surface area contributed by atoms with Crippen LogP contribution < -0.4 is 14.5 Å². The van der Waals surface area contributed by atoms with E-state index in [1.54, 1.807) is 22.8 Å². The van der Waals surface area contributed by atoms with E-state index in [0.29, 0.717) is 5.69 Å². The fourth-order valence-corrected chi connectivity index (χ4v) is 5.94. The molecule has 7 nitrogen and oxygen atoms in total. The van der Waals surface area contributed by atoms with E-state index in [1.807, 2.05) is 13.8 Å². The monoisotopic (exact) mass is 501 g/mol. The summed E-state index contributed by atoms with van der Waals surface area (Å²) in [6, 6.07) is 8.42. The van der Waals surface area contributed by atoms with Crippen LogP contribution in [0, 0.1) is 0 Å². The maximum atomic E-state index is 12.9. The number of aromatic nitrogens is 1. The fourth-order valence-electron chi connectivity index (χ4n) is 3.29. The van der Waals surface area contributed by atoms with Gasteiger partial charge in [0.15, 0.2) is 0 Å². The molecule has 1 heterocycles. The third-order valence-corrected chi connectivity index (χ3v) is 7.33. The van der Waals surface area contributed by atoms with Crippen LogP contribution in [0.15, 0.2) is 41.2 Å². The molecular weight excluding hydrogens is 481 g/mol. The van der Waals surface area contributed by atoms with Crippen LogP contribution in [0.1, 0.15) is 26.8 Å². The normalized spacial score (nSPS) is 12.9. The molecule has 0 saturated heterocycles.